The van der Waals surface area contributed by atoms with Crippen molar-refractivity contribution in [2.24, 2.45) is 0 Å². The van der Waals surface area contributed by atoms with Crippen molar-refractivity contribution in [3.05, 3.63) is 29.8 Å². The summed E-state index contributed by atoms with van der Waals surface area (Å²) < 4.78 is 26.1. The summed E-state index contributed by atoms with van der Waals surface area (Å²) in [5.74, 6) is -1.60. The highest BCUT2D eigenvalue weighted by molar-refractivity contribution is 8.00. The number of carbonyl (C=O) groups is 1. The van der Waals surface area contributed by atoms with Crippen LogP contribution in [0, 0.1) is 11.6 Å². The molecule has 0 radical (unpaired) electrons. The summed E-state index contributed by atoms with van der Waals surface area (Å²) in [6.07, 6.45) is 1.09. The molecule has 0 fully saturated rings. The molecule has 0 aliphatic heterocycles. The maximum Gasteiger partial charge on any atom is 0.230 e. The Morgan fingerprint density at radius 3 is 2.55 bits per heavy atom. The molecule has 0 unspecified atom stereocenters. The predicted octanol–water partition coefficient (Wildman–Crippen LogP) is 2.72. The first-order valence-corrected chi connectivity index (χ1v) is 7.45. The van der Waals surface area contributed by atoms with Crippen LogP contribution in [0.1, 0.15) is 26.7 Å². The molecule has 0 spiro atoms. The SMILES string of the molecule is CCC(O)(CC)CNC(=O)CSc1ccc(F)cc1F. The van der Waals surface area contributed by atoms with Crippen molar-refractivity contribution in [3.8, 4) is 0 Å². The summed E-state index contributed by atoms with van der Waals surface area (Å²) in [5.41, 5.74) is -0.901. The van der Waals surface area contributed by atoms with E-state index in [2.05, 4.69) is 5.32 Å². The normalized spacial score (nSPS) is 11.4. The van der Waals surface area contributed by atoms with Gasteiger partial charge in [0.05, 0.1) is 11.4 Å². The van der Waals surface area contributed by atoms with Crippen LogP contribution in [0.15, 0.2) is 23.1 Å². The third-order valence-electron chi connectivity index (χ3n) is 3.18. The Bertz CT molecular complexity index is 464. The molecule has 0 aromatic heterocycles. The highest BCUT2D eigenvalue weighted by Crippen LogP contribution is 2.22. The molecule has 0 atom stereocenters. The minimum Gasteiger partial charge on any atom is -0.388 e. The Balaban J connectivity index is 2.44. The lowest BCUT2D eigenvalue weighted by Crippen LogP contribution is -2.42. The highest BCUT2D eigenvalue weighted by atomic mass is 32.2. The Kier molecular flexibility index (Phi) is 6.42. The summed E-state index contributed by atoms with van der Waals surface area (Å²) in [6.45, 7) is 3.86. The van der Waals surface area contributed by atoms with E-state index in [4.69, 9.17) is 0 Å². The maximum atomic E-state index is 13.4. The lowest BCUT2D eigenvalue weighted by molar-refractivity contribution is -0.119. The van der Waals surface area contributed by atoms with Gasteiger partial charge in [0.1, 0.15) is 11.6 Å². The molecule has 0 aliphatic rings. The molecule has 3 nitrogen and oxygen atoms in total. The second-order valence-corrected chi connectivity index (χ2v) is 5.59. The number of amides is 1. The molecule has 0 aliphatic carbocycles. The van der Waals surface area contributed by atoms with E-state index in [1.807, 2.05) is 13.8 Å². The number of halogens is 2. The third-order valence-corrected chi connectivity index (χ3v) is 4.23. The van der Waals surface area contributed by atoms with Gasteiger partial charge in [-0.1, -0.05) is 13.8 Å². The number of thioether (sulfide) groups is 1. The van der Waals surface area contributed by atoms with E-state index < -0.39 is 17.2 Å². The van der Waals surface area contributed by atoms with E-state index in [0.717, 1.165) is 23.9 Å². The van der Waals surface area contributed by atoms with Gasteiger partial charge in [0.2, 0.25) is 5.91 Å². The molecule has 1 aromatic rings. The average Bonchev–Trinajstić information content (AvgIpc) is 2.44. The summed E-state index contributed by atoms with van der Waals surface area (Å²) in [7, 11) is 0. The van der Waals surface area contributed by atoms with Gasteiger partial charge in [0, 0.05) is 17.5 Å². The van der Waals surface area contributed by atoms with Crippen molar-refractivity contribution >= 4 is 17.7 Å². The van der Waals surface area contributed by atoms with Gasteiger partial charge in [-0.2, -0.15) is 0 Å². The van der Waals surface area contributed by atoms with Crippen LogP contribution in [0.25, 0.3) is 0 Å². The molecule has 6 heteroatoms. The first kappa shape index (κ1) is 16.9. The van der Waals surface area contributed by atoms with Crippen LogP contribution in [0.3, 0.4) is 0 Å². The summed E-state index contributed by atoms with van der Waals surface area (Å²) in [6, 6.07) is 3.24. The number of aliphatic hydroxyl groups is 1. The number of hydrogen-bond donors (Lipinski definition) is 2. The lowest BCUT2D eigenvalue weighted by Gasteiger charge is -2.25. The van der Waals surface area contributed by atoms with Crippen molar-refractivity contribution in [1.82, 2.24) is 5.32 Å². The molecule has 0 saturated heterocycles. The van der Waals surface area contributed by atoms with Crippen LogP contribution < -0.4 is 5.32 Å². The van der Waals surface area contributed by atoms with Gasteiger partial charge in [-0.05, 0) is 25.0 Å². The summed E-state index contributed by atoms with van der Waals surface area (Å²) in [4.78, 5) is 11.9. The molecule has 0 heterocycles. The quantitative estimate of drug-likeness (QED) is 0.762. The van der Waals surface area contributed by atoms with Gasteiger partial charge in [-0.3, -0.25) is 4.79 Å². The highest BCUT2D eigenvalue weighted by Gasteiger charge is 2.22. The Morgan fingerprint density at radius 2 is 2.00 bits per heavy atom. The van der Waals surface area contributed by atoms with Crippen molar-refractivity contribution in [2.45, 2.75) is 37.2 Å². The topological polar surface area (TPSA) is 49.3 Å². The second kappa shape index (κ2) is 7.59. The van der Waals surface area contributed by atoms with E-state index in [1.165, 1.54) is 6.07 Å². The van der Waals surface area contributed by atoms with E-state index in [0.29, 0.717) is 12.8 Å². The molecule has 112 valence electrons. The fourth-order valence-corrected chi connectivity index (χ4v) is 2.30. The molecule has 1 rings (SSSR count). The largest absolute Gasteiger partial charge is 0.388 e. The molecule has 2 N–H and O–H groups in total. The van der Waals surface area contributed by atoms with Crippen LogP contribution in [-0.2, 0) is 4.79 Å². The van der Waals surface area contributed by atoms with Crippen LogP contribution in [0.2, 0.25) is 0 Å². The monoisotopic (exact) mass is 303 g/mol. The van der Waals surface area contributed by atoms with Crippen LogP contribution in [-0.4, -0.2) is 28.9 Å². The first-order chi connectivity index (χ1) is 9.40. The maximum absolute atomic E-state index is 13.4. The Morgan fingerprint density at radius 1 is 1.35 bits per heavy atom. The van der Waals surface area contributed by atoms with E-state index in [1.54, 1.807) is 0 Å². The van der Waals surface area contributed by atoms with E-state index >= 15 is 0 Å². The fraction of sp³-hybridized carbons (Fsp3) is 0.500. The van der Waals surface area contributed by atoms with Crippen LogP contribution >= 0.6 is 11.8 Å². The smallest absolute Gasteiger partial charge is 0.230 e. The first-order valence-electron chi connectivity index (χ1n) is 6.47. The lowest BCUT2D eigenvalue weighted by atomic mass is 9.98. The average molecular weight is 303 g/mol. The number of hydrogen-bond acceptors (Lipinski definition) is 3. The number of carbonyl (C=O) groups excluding carboxylic acids is 1. The van der Waals surface area contributed by atoms with Crippen LogP contribution in [0.5, 0.6) is 0 Å². The molecular formula is C14H19F2NO2S. The molecular weight excluding hydrogens is 284 g/mol. The van der Waals surface area contributed by atoms with Gasteiger partial charge >= 0.3 is 0 Å². The fourth-order valence-electron chi connectivity index (χ4n) is 1.55. The zero-order valence-electron chi connectivity index (χ0n) is 11.6. The molecule has 0 saturated carbocycles. The standard InChI is InChI=1S/C14H19F2NO2S/c1-3-14(19,4-2)9-17-13(18)8-20-12-6-5-10(15)7-11(12)16/h5-7,19H,3-4,8-9H2,1-2H3,(H,17,18). The number of benzene rings is 1. The predicted molar refractivity (Wildman–Crippen MR) is 75.6 cm³/mol. The number of rotatable bonds is 7. The Hall–Kier alpha value is -1.14. The summed E-state index contributed by atoms with van der Waals surface area (Å²) >= 11 is 0.994. The summed E-state index contributed by atoms with van der Waals surface area (Å²) in [5, 5.41) is 12.6. The third kappa shape index (κ3) is 5.09. The van der Waals surface area contributed by atoms with Gasteiger partial charge < -0.3 is 10.4 Å². The number of nitrogens with one attached hydrogen (secondary N) is 1. The zero-order chi connectivity index (χ0) is 15.2. The van der Waals surface area contributed by atoms with E-state index in [9.17, 15) is 18.7 Å². The van der Waals surface area contributed by atoms with Gasteiger partial charge in [0.15, 0.2) is 0 Å². The van der Waals surface area contributed by atoms with Crippen molar-refractivity contribution in [3.63, 3.8) is 0 Å². The second-order valence-electron chi connectivity index (χ2n) is 4.57. The van der Waals surface area contributed by atoms with Gasteiger partial charge in [-0.15, -0.1) is 11.8 Å². The van der Waals surface area contributed by atoms with Crippen molar-refractivity contribution in [2.75, 3.05) is 12.3 Å². The minimum atomic E-state index is -0.901. The van der Waals surface area contributed by atoms with Crippen molar-refractivity contribution in [1.29, 1.82) is 0 Å². The molecule has 1 aromatic carbocycles. The zero-order valence-corrected chi connectivity index (χ0v) is 12.4. The Labute approximate surface area is 121 Å². The van der Waals surface area contributed by atoms with Crippen LogP contribution in [0.4, 0.5) is 8.78 Å². The molecule has 1 amide bonds. The minimum absolute atomic E-state index is 0.0199. The van der Waals surface area contributed by atoms with Gasteiger partial charge in [-0.25, -0.2) is 8.78 Å². The molecule has 0 bridgehead atoms. The van der Waals surface area contributed by atoms with E-state index in [-0.39, 0.29) is 23.1 Å². The van der Waals surface area contributed by atoms with Gasteiger partial charge in [0.25, 0.3) is 0 Å². The molecule has 20 heavy (non-hydrogen) atoms. The van der Waals surface area contributed by atoms with Crippen molar-refractivity contribution < 1.29 is 18.7 Å².